The van der Waals surface area contributed by atoms with Gasteiger partial charge in [0, 0.05) is 12.2 Å². The summed E-state index contributed by atoms with van der Waals surface area (Å²) in [5, 5.41) is -0.438. The third-order valence-corrected chi connectivity index (χ3v) is 5.73. The van der Waals surface area contributed by atoms with Gasteiger partial charge in [-0.3, -0.25) is 0 Å². The van der Waals surface area contributed by atoms with Crippen LogP contribution in [0.5, 0.6) is 5.75 Å². The lowest BCUT2D eigenvalue weighted by atomic mass is 10.3. The van der Waals surface area contributed by atoms with Crippen molar-refractivity contribution in [2.24, 2.45) is 0 Å². The molecule has 0 saturated heterocycles. The number of carbonyl (C=O) groups excluding carboxylic acids is 1. The van der Waals surface area contributed by atoms with Crippen molar-refractivity contribution in [3.63, 3.8) is 0 Å². The van der Waals surface area contributed by atoms with Crippen LogP contribution >= 0.6 is 58.0 Å². The molecule has 1 unspecified atom stereocenters. The van der Waals surface area contributed by atoms with E-state index in [1.54, 1.807) is 6.92 Å². The van der Waals surface area contributed by atoms with Crippen molar-refractivity contribution < 1.29 is 14.3 Å². The fourth-order valence-corrected chi connectivity index (χ4v) is 3.45. The molecule has 0 N–H and O–H groups in total. The maximum absolute atomic E-state index is 12.2. The molecule has 0 radical (unpaired) electrons. The summed E-state index contributed by atoms with van der Waals surface area (Å²) in [7, 11) is 0. The van der Waals surface area contributed by atoms with Crippen molar-refractivity contribution in [3.05, 3.63) is 55.4 Å². The van der Waals surface area contributed by atoms with E-state index in [0.717, 1.165) is 5.69 Å². The normalized spacial score (nSPS) is 11.8. The van der Waals surface area contributed by atoms with E-state index >= 15 is 0 Å². The molecule has 0 heterocycles. The first-order valence-corrected chi connectivity index (χ1v) is 9.38. The Kier molecular flexibility index (Phi) is 7.56. The van der Waals surface area contributed by atoms with Gasteiger partial charge in [0.15, 0.2) is 12.0 Å². The predicted octanol–water partition coefficient (Wildman–Crippen LogP) is 7.34. The summed E-state index contributed by atoms with van der Waals surface area (Å²) in [5.41, 5.74) is 0.893. The zero-order chi connectivity index (χ0) is 19.4. The first kappa shape index (κ1) is 21.3. The quantitative estimate of drug-likeness (QED) is 0.155. The Morgan fingerprint density at radius 3 is 1.96 bits per heavy atom. The van der Waals surface area contributed by atoms with Gasteiger partial charge in [0.25, 0.3) is 0 Å². The number of nitrogens with zero attached hydrogens (tertiary/aromatic N) is 1. The standard InChI is InChI=1S/C17H14Cl5NO3/c1-3-23(10-7-5-4-6-8-10)9(2)25-17(24)26-16-14(21)12(19)11(18)13(20)15(16)22/h4-9H,3H2,1-2H3. The summed E-state index contributed by atoms with van der Waals surface area (Å²) < 4.78 is 10.4. The molecule has 0 saturated carbocycles. The van der Waals surface area contributed by atoms with E-state index in [-0.39, 0.29) is 30.9 Å². The molecule has 140 valence electrons. The summed E-state index contributed by atoms with van der Waals surface area (Å²) in [6, 6.07) is 9.48. The van der Waals surface area contributed by atoms with Gasteiger partial charge in [0.1, 0.15) is 10.0 Å². The molecule has 4 nitrogen and oxygen atoms in total. The Hall–Kier alpha value is -1.04. The number of rotatable bonds is 5. The largest absolute Gasteiger partial charge is 0.515 e. The molecule has 0 spiro atoms. The van der Waals surface area contributed by atoms with E-state index in [1.165, 1.54) is 0 Å². The van der Waals surface area contributed by atoms with Gasteiger partial charge < -0.3 is 14.4 Å². The summed E-state index contributed by atoms with van der Waals surface area (Å²) in [6.45, 7) is 4.26. The van der Waals surface area contributed by atoms with E-state index in [9.17, 15) is 4.79 Å². The van der Waals surface area contributed by atoms with Gasteiger partial charge >= 0.3 is 6.16 Å². The molecule has 0 bridgehead atoms. The summed E-state index contributed by atoms with van der Waals surface area (Å²) in [5.74, 6) is -0.215. The Bertz CT molecular complexity index is 772. The number of ether oxygens (including phenoxy) is 2. The average molecular weight is 458 g/mol. The first-order chi connectivity index (χ1) is 12.3. The van der Waals surface area contributed by atoms with Crippen LogP contribution in [0.1, 0.15) is 13.8 Å². The van der Waals surface area contributed by atoms with Crippen LogP contribution in [0.2, 0.25) is 25.1 Å². The molecule has 0 amide bonds. The molecule has 0 aliphatic carbocycles. The van der Waals surface area contributed by atoms with Crippen LogP contribution in [0.4, 0.5) is 10.5 Å². The van der Waals surface area contributed by atoms with Crippen LogP contribution in [0.15, 0.2) is 30.3 Å². The highest BCUT2D eigenvalue weighted by Gasteiger charge is 2.25. The molecule has 9 heteroatoms. The number of hydrogen-bond donors (Lipinski definition) is 0. The highest BCUT2D eigenvalue weighted by molar-refractivity contribution is 6.55. The van der Waals surface area contributed by atoms with Gasteiger partial charge in [0.2, 0.25) is 0 Å². The summed E-state index contributed by atoms with van der Waals surface area (Å²) in [6.07, 6.45) is -1.61. The van der Waals surface area contributed by atoms with Gasteiger partial charge in [-0.2, -0.15) is 0 Å². The van der Waals surface area contributed by atoms with Gasteiger partial charge in [-0.05, 0) is 26.0 Å². The lowest BCUT2D eigenvalue weighted by molar-refractivity contribution is 0.0646. The molecule has 0 aliphatic heterocycles. The topological polar surface area (TPSA) is 38.8 Å². The van der Waals surface area contributed by atoms with Crippen molar-refractivity contribution in [2.45, 2.75) is 20.1 Å². The highest BCUT2D eigenvalue weighted by atomic mass is 35.5. The molecule has 0 aliphatic rings. The second-order valence-corrected chi connectivity index (χ2v) is 6.98. The molecular weight excluding hydrogens is 443 g/mol. The molecule has 2 rings (SSSR count). The zero-order valence-electron chi connectivity index (χ0n) is 13.7. The third kappa shape index (κ3) is 4.62. The Morgan fingerprint density at radius 1 is 0.962 bits per heavy atom. The van der Waals surface area contributed by atoms with Crippen LogP contribution in [0.3, 0.4) is 0 Å². The maximum atomic E-state index is 12.2. The van der Waals surface area contributed by atoms with E-state index in [4.69, 9.17) is 67.5 Å². The van der Waals surface area contributed by atoms with Crippen molar-refractivity contribution in [2.75, 3.05) is 11.4 Å². The summed E-state index contributed by atoms with van der Waals surface area (Å²) in [4.78, 5) is 14.0. The molecular formula is C17H14Cl5NO3. The number of carbonyl (C=O) groups is 1. The zero-order valence-corrected chi connectivity index (χ0v) is 17.5. The van der Waals surface area contributed by atoms with Gasteiger partial charge in [-0.25, -0.2) is 4.79 Å². The van der Waals surface area contributed by atoms with Gasteiger partial charge in [-0.15, -0.1) is 0 Å². The lowest BCUT2D eigenvalue weighted by Gasteiger charge is -2.29. The van der Waals surface area contributed by atoms with Crippen molar-refractivity contribution in [1.29, 1.82) is 0 Å². The molecule has 2 aromatic carbocycles. The van der Waals surface area contributed by atoms with E-state index in [0.29, 0.717) is 6.54 Å². The van der Waals surface area contributed by atoms with Gasteiger partial charge in [0.05, 0.1) is 15.1 Å². The lowest BCUT2D eigenvalue weighted by Crippen LogP contribution is -2.37. The molecule has 2 aromatic rings. The molecule has 0 fully saturated rings. The minimum atomic E-state index is -1.01. The van der Waals surface area contributed by atoms with Crippen LogP contribution in [-0.4, -0.2) is 18.9 Å². The van der Waals surface area contributed by atoms with Gasteiger partial charge in [-0.1, -0.05) is 76.2 Å². The Morgan fingerprint density at radius 2 is 1.46 bits per heavy atom. The number of para-hydroxylation sites is 1. The second kappa shape index (κ2) is 9.25. The number of hydrogen-bond acceptors (Lipinski definition) is 4. The van der Waals surface area contributed by atoms with Crippen LogP contribution < -0.4 is 9.64 Å². The van der Waals surface area contributed by atoms with E-state index in [1.807, 2.05) is 42.2 Å². The smallest absolute Gasteiger partial charge is 0.410 e. The minimum absolute atomic E-state index is 0.0290. The fourth-order valence-electron chi connectivity index (χ4n) is 2.25. The Labute approximate surface area is 176 Å². The van der Waals surface area contributed by atoms with Crippen LogP contribution in [0.25, 0.3) is 0 Å². The molecule has 26 heavy (non-hydrogen) atoms. The molecule has 0 aromatic heterocycles. The number of benzene rings is 2. The third-order valence-electron chi connectivity index (χ3n) is 3.49. The molecule has 1 atom stereocenters. The fraction of sp³-hybridized carbons (Fsp3) is 0.235. The number of halogens is 5. The van der Waals surface area contributed by atoms with Crippen LogP contribution in [0, 0.1) is 0 Å². The average Bonchev–Trinajstić information content (AvgIpc) is 2.63. The monoisotopic (exact) mass is 455 g/mol. The second-order valence-electron chi connectivity index (χ2n) is 5.09. The van der Waals surface area contributed by atoms with E-state index in [2.05, 4.69) is 0 Å². The van der Waals surface area contributed by atoms with Crippen molar-refractivity contribution >= 4 is 69.8 Å². The predicted molar refractivity (Wildman–Crippen MR) is 108 cm³/mol. The Balaban J connectivity index is 2.16. The highest BCUT2D eigenvalue weighted by Crippen LogP contribution is 2.48. The maximum Gasteiger partial charge on any atom is 0.515 e. The minimum Gasteiger partial charge on any atom is -0.410 e. The first-order valence-electron chi connectivity index (χ1n) is 7.49. The van der Waals surface area contributed by atoms with Crippen molar-refractivity contribution in [1.82, 2.24) is 0 Å². The summed E-state index contributed by atoms with van der Waals surface area (Å²) >= 11 is 29.9. The van der Waals surface area contributed by atoms with Crippen molar-refractivity contribution in [3.8, 4) is 5.75 Å². The van der Waals surface area contributed by atoms with Crippen LogP contribution in [-0.2, 0) is 4.74 Å². The number of anilines is 1. The SMILES string of the molecule is CCN(c1ccccc1)C(C)OC(=O)Oc1c(Cl)c(Cl)c(Cl)c(Cl)c1Cl. The van der Waals surface area contributed by atoms with E-state index < -0.39 is 12.4 Å².